The van der Waals surface area contributed by atoms with Crippen LogP contribution in [0.15, 0.2) is 0 Å². The first-order valence-corrected chi connectivity index (χ1v) is 5.86. The van der Waals surface area contributed by atoms with Crippen molar-refractivity contribution in [3.63, 3.8) is 0 Å². The van der Waals surface area contributed by atoms with Crippen LogP contribution in [0.5, 0.6) is 0 Å². The van der Waals surface area contributed by atoms with E-state index in [1.807, 2.05) is 0 Å². The summed E-state index contributed by atoms with van der Waals surface area (Å²) in [7, 11) is -4.79. The van der Waals surface area contributed by atoms with Crippen LogP contribution in [0.3, 0.4) is 0 Å². The van der Waals surface area contributed by atoms with Crippen LogP contribution in [0.1, 0.15) is 6.42 Å². The molecule has 9 heteroatoms. The summed E-state index contributed by atoms with van der Waals surface area (Å²) in [5, 5.41) is 19.0. The van der Waals surface area contributed by atoms with Crippen molar-refractivity contribution in [2.75, 3.05) is 0 Å². The number of hydrogen-bond acceptors (Lipinski definition) is 6. The molecule has 0 saturated heterocycles. The molecule has 1 saturated carbocycles. The molecule has 0 bridgehead atoms. The number of phosphoric ester groups is 1. The average Bonchev–Trinajstić information content (AvgIpc) is 2.08. The van der Waals surface area contributed by atoms with Crippen LogP contribution < -0.4 is 11.5 Å². The summed E-state index contributed by atoms with van der Waals surface area (Å²) in [6, 6.07) is -1.56. The Bertz CT molecular complexity index is 256. The topological polar surface area (TPSA) is 159 Å². The van der Waals surface area contributed by atoms with Gasteiger partial charge in [-0.1, -0.05) is 0 Å². The van der Waals surface area contributed by atoms with Gasteiger partial charge in [-0.25, -0.2) is 4.57 Å². The fraction of sp³-hybridized carbons (Fsp3) is 1.00. The lowest BCUT2D eigenvalue weighted by atomic mass is 9.85. The van der Waals surface area contributed by atoms with E-state index in [2.05, 4.69) is 4.52 Å². The molecule has 0 radical (unpaired) electrons. The molecule has 0 aromatic carbocycles. The highest BCUT2D eigenvalue weighted by Crippen LogP contribution is 2.40. The van der Waals surface area contributed by atoms with E-state index < -0.39 is 38.2 Å². The molecule has 1 rings (SSSR count). The van der Waals surface area contributed by atoms with E-state index in [1.165, 1.54) is 0 Å². The monoisotopic (exact) mass is 242 g/mol. The van der Waals surface area contributed by atoms with Crippen LogP contribution in [0.4, 0.5) is 0 Å². The molecule has 0 spiro atoms. The van der Waals surface area contributed by atoms with Crippen molar-refractivity contribution in [3.8, 4) is 0 Å². The molecule has 8 N–H and O–H groups in total. The van der Waals surface area contributed by atoms with Gasteiger partial charge in [0.15, 0.2) is 0 Å². The van der Waals surface area contributed by atoms with Crippen LogP contribution in [-0.2, 0) is 9.09 Å². The predicted molar refractivity (Wildman–Crippen MR) is 49.5 cm³/mol. The Morgan fingerprint density at radius 2 is 1.53 bits per heavy atom. The first kappa shape index (κ1) is 13.0. The predicted octanol–water partition coefficient (Wildman–Crippen LogP) is -2.76. The van der Waals surface area contributed by atoms with Gasteiger partial charge in [-0.15, -0.1) is 0 Å². The summed E-state index contributed by atoms with van der Waals surface area (Å²) in [5.41, 5.74) is 10.9. The molecule has 8 nitrogen and oxygen atoms in total. The SMILES string of the molecule is N[C@@H]1C[C@H](N)[C@@H](O)C(OP(=O)(O)O)[C@H]1O. The van der Waals surface area contributed by atoms with E-state index in [1.54, 1.807) is 0 Å². The quantitative estimate of drug-likeness (QED) is 0.284. The molecule has 0 aliphatic heterocycles. The minimum atomic E-state index is -4.79. The molecule has 90 valence electrons. The molecule has 0 heterocycles. The minimum absolute atomic E-state index is 0.156. The summed E-state index contributed by atoms with van der Waals surface area (Å²) in [5.74, 6) is 0. The lowest BCUT2D eigenvalue weighted by Crippen LogP contribution is -2.61. The molecule has 1 unspecified atom stereocenters. The molecule has 0 aromatic rings. The van der Waals surface area contributed by atoms with E-state index in [0.29, 0.717) is 0 Å². The van der Waals surface area contributed by atoms with E-state index in [4.69, 9.17) is 21.3 Å². The fourth-order valence-corrected chi connectivity index (χ4v) is 2.13. The van der Waals surface area contributed by atoms with Crippen molar-refractivity contribution >= 4 is 7.82 Å². The van der Waals surface area contributed by atoms with Gasteiger partial charge in [0.25, 0.3) is 0 Å². The summed E-state index contributed by atoms with van der Waals surface area (Å²) >= 11 is 0. The van der Waals surface area contributed by atoms with Crippen LogP contribution in [0, 0.1) is 0 Å². The van der Waals surface area contributed by atoms with E-state index in [0.717, 1.165) is 0 Å². The highest BCUT2D eigenvalue weighted by molar-refractivity contribution is 7.46. The second-order valence-corrected chi connectivity index (χ2v) is 4.80. The number of aliphatic hydroxyl groups is 2. The summed E-state index contributed by atoms with van der Waals surface area (Å²) in [4.78, 5) is 17.1. The normalized spacial score (nSPS) is 42.9. The average molecular weight is 242 g/mol. The fourth-order valence-electron chi connectivity index (χ4n) is 1.57. The minimum Gasteiger partial charge on any atom is -0.389 e. The Kier molecular flexibility index (Phi) is 3.85. The Hall–Kier alpha value is -0.0500. The molecule has 0 amide bonds. The number of nitrogens with two attached hydrogens (primary N) is 2. The number of phosphoric acid groups is 1. The number of hydrogen-bond donors (Lipinski definition) is 6. The van der Waals surface area contributed by atoms with Crippen molar-refractivity contribution in [1.82, 2.24) is 0 Å². The van der Waals surface area contributed by atoms with Gasteiger partial charge in [0.2, 0.25) is 0 Å². The molecule has 1 aliphatic rings. The summed E-state index contributed by atoms with van der Waals surface area (Å²) in [6.07, 6.45) is -4.02. The van der Waals surface area contributed by atoms with E-state index in [-0.39, 0.29) is 6.42 Å². The largest absolute Gasteiger partial charge is 0.470 e. The Labute approximate surface area is 86.1 Å². The van der Waals surface area contributed by atoms with Crippen molar-refractivity contribution in [2.24, 2.45) is 11.5 Å². The molecular formula is C6H15N2O6P. The smallest absolute Gasteiger partial charge is 0.389 e. The Morgan fingerprint density at radius 1 is 1.13 bits per heavy atom. The summed E-state index contributed by atoms with van der Waals surface area (Å²) in [6.45, 7) is 0. The van der Waals surface area contributed by atoms with Gasteiger partial charge >= 0.3 is 7.82 Å². The zero-order valence-electron chi connectivity index (χ0n) is 7.80. The van der Waals surface area contributed by atoms with Crippen molar-refractivity contribution in [1.29, 1.82) is 0 Å². The molecule has 1 aliphatic carbocycles. The zero-order chi connectivity index (χ0) is 11.8. The Morgan fingerprint density at radius 3 is 1.87 bits per heavy atom. The molecule has 15 heavy (non-hydrogen) atoms. The standard InChI is InChI=1S/C6H15N2O6P/c7-2-1-3(8)5(10)6(4(2)9)14-15(11,12)13/h2-6,9-10H,1,7-8H2,(H2,11,12,13)/t2-,3+,4+,5-,6?. The third kappa shape index (κ3) is 3.20. The second-order valence-electron chi connectivity index (χ2n) is 3.61. The first-order chi connectivity index (χ1) is 6.72. The molecule has 1 fully saturated rings. The molecule has 5 atom stereocenters. The van der Waals surface area contributed by atoms with Crippen LogP contribution in [0.25, 0.3) is 0 Å². The van der Waals surface area contributed by atoms with Crippen molar-refractivity contribution in [2.45, 2.75) is 36.8 Å². The van der Waals surface area contributed by atoms with Gasteiger partial charge in [-0.05, 0) is 6.42 Å². The highest BCUT2D eigenvalue weighted by atomic mass is 31.2. The van der Waals surface area contributed by atoms with Gasteiger partial charge < -0.3 is 31.5 Å². The van der Waals surface area contributed by atoms with E-state index in [9.17, 15) is 14.8 Å². The van der Waals surface area contributed by atoms with Crippen LogP contribution >= 0.6 is 7.82 Å². The van der Waals surface area contributed by atoms with Crippen molar-refractivity contribution in [3.05, 3.63) is 0 Å². The second kappa shape index (κ2) is 4.44. The lowest BCUT2D eigenvalue weighted by molar-refractivity contribution is -0.0961. The van der Waals surface area contributed by atoms with Gasteiger partial charge in [0, 0.05) is 12.1 Å². The highest BCUT2D eigenvalue weighted by Gasteiger charge is 2.44. The number of aliphatic hydroxyl groups excluding tert-OH is 2. The van der Waals surface area contributed by atoms with Crippen LogP contribution in [-0.4, -0.2) is 50.4 Å². The van der Waals surface area contributed by atoms with E-state index >= 15 is 0 Å². The first-order valence-electron chi connectivity index (χ1n) is 4.33. The molecule has 0 aromatic heterocycles. The van der Waals surface area contributed by atoms with Gasteiger partial charge in [0.05, 0.1) is 12.2 Å². The summed E-state index contributed by atoms with van der Waals surface area (Å²) < 4.78 is 14.8. The van der Waals surface area contributed by atoms with Gasteiger partial charge in [-0.3, -0.25) is 4.52 Å². The van der Waals surface area contributed by atoms with Gasteiger partial charge in [-0.2, -0.15) is 0 Å². The molecular weight excluding hydrogens is 227 g/mol. The maximum absolute atomic E-state index is 10.6. The van der Waals surface area contributed by atoms with Crippen LogP contribution in [0.2, 0.25) is 0 Å². The number of rotatable bonds is 2. The Balaban J connectivity index is 2.78. The maximum Gasteiger partial charge on any atom is 0.470 e. The third-order valence-corrected chi connectivity index (χ3v) is 2.87. The zero-order valence-corrected chi connectivity index (χ0v) is 8.70. The lowest BCUT2D eigenvalue weighted by Gasteiger charge is -2.39. The third-order valence-electron chi connectivity index (χ3n) is 2.35. The van der Waals surface area contributed by atoms with Gasteiger partial charge in [0.1, 0.15) is 6.10 Å². The maximum atomic E-state index is 10.6. The van der Waals surface area contributed by atoms with Crippen molar-refractivity contribution < 1.29 is 29.1 Å².